The average Bonchev–Trinajstić information content (AvgIpc) is 3.08. The number of rotatable bonds is 3. The number of hydrogen-bond acceptors (Lipinski definition) is 4. The Balaban J connectivity index is 1.40. The van der Waals surface area contributed by atoms with Gasteiger partial charge in [-0.3, -0.25) is 4.79 Å². The molecule has 0 spiro atoms. The third-order valence-corrected chi connectivity index (χ3v) is 5.86. The molecule has 134 valence electrons. The van der Waals surface area contributed by atoms with Gasteiger partial charge in [0.2, 0.25) is 5.91 Å². The van der Waals surface area contributed by atoms with Gasteiger partial charge < -0.3 is 10.2 Å². The third kappa shape index (κ3) is 3.42. The number of nitrogens with one attached hydrogen (secondary N) is 1. The summed E-state index contributed by atoms with van der Waals surface area (Å²) < 4.78 is 14.7. The molecule has 0 atom stereocenters. The molecular weight excluding hydrogens is 349 g/mol. The molecule has 1 N–H and O–H groups in total. The van der Waals surface area contributed by atoms with Crippen molar-refractivity contribution in [2.24, 2.45) is 5.92 Å². The van der Waals surface area contributed by atoms with Crippen LogP contribution in [0.3, 0.4) is 0 Å². The normalized spacial score (nSPS) is 15.4. The van der Waals surface area contributed by atoms with E-state index in [0.717, 1.165) is 47.0 Å². The summed E-state index contributed by atoms with van der Waals surface area (Å²) >= 11 is 1.51. The van der Waals surface area contributed by atoms with Gasteiger partial charge in [-0.1, -0.05) is 29.5 Å². The molecule has 1 aromatic heterocycles. The first kappa shape index (κ1) is 17.0. The maximum absolute atomic E-state index is 13.8. The first-order valence-corrected chi connectivity index (χ1v) is 9.59. The molecular formula is C20H20FN3OS. The fourth-order valence-corrected chi connectivity index (χ4v) is 4.37. The van der Waals surface area contributed by atoms with Crippen LogP contribution in [0, 0.1) is 18.7 Å². The highest BCUT2D eigenvalue weighted by Crippen LogP contribution is 2.32. The summed E-state index contributed by atoms with van der Waals surface area (Å²) in [6.45, 7) is 3.52. The standard InChI is InChI=1S/C20H20FN3OS/c1-13-4-2-5-15(12-13)22-19(25)14-8-10-24(11-9-14)20-23-18-16(21)6-3-7-17(18)26-20/h2-7,12,14H,8-11H2,1H3,(H,22,25). The third-order valence-electron chi connectivity index (χ3n) is 4.78. The second-order valence-electron chi connectivity index (χ2n) is 6.70. The smallest absolute Gasteiger partial charge is 0.227 e. The summed E-state index contributed by atoms with van der Waals surface area (Å²) in [7, 11) is 0. The second-order valence-corrected chi connectivity index (χ2v) is 7.71. The molecule has 1 aliphatic heterocycles. The summed E-state index contributed by atoms with van der Waals surface area (Å²) in [5.74, 6) is -0.208. The molecule has 2 aromatic carbocycles. The van der Waals surface area contributed by atoms with E-state index in [2.05, 4.69) is 15.2 Å². The molecule has 3 aromatic rings. The number of benzene rings is 2. The molecule has 2 heterocycles. The maximum Gasteiger partial charge on any atom is 0.227 e. The van der Waals surface area contributed by atoms with Crippen LogP contribution in [0.5, 0.6) is 0 Å². The maximum atomic E-state index is 13.8. The number of hydrogen-bond donors (Lipinski definition) is 1. The van der Waals surface area contributed by atoms with Gasteiger partial charge in [0.1, 0.15) is 11.3 Å². The first-order chi connectivity index (χ1) is 12.6. The number of aryl methyl sites for hydroxylation is 1. The Morgan fingerprint density at radius 2 is 2.00 bits per heavy atom. The minimum absolute atomic E-state index is 0.00197. The van der Waals surface area contributed by atoms with Gasteiger partial charge in [-0.15, -0.1) is 0 Å². The van der Waals surface area contributed by atoms with E-state index < -0.39 is 0 Å². The van der Waals surface area contributed by atoms with Crippen LogP contribution >= 0.6 is 11.3 Å². The fourth-order valence-electron chi connectivity index (χ4n) is 3.34. The van der Waals surface area contributed by atoms with E-state index in [1.807, 2.05) is 37.3 Å². The molecule has 4 rings (SSSR count). The van der Waals surface area contributed by atoms with Crippen LogP contribution in [0.4, 0.5) is 15.2 Å². The molecule has 0 bridgehead atoms. The highest BCUT2D eigenvalue weighted by molar-refractivity contribution is 7.22. The van der Waals surface area contributed by atoms with Gasteiger partial charge in [-0.2, -0.15) is 0 Å². The van der Waals surface area contributed by atoms with Crippen molar-refractivity contribution in [3.8, 4) is 0 Å². The number of carbonyl (C=O) groups is 1. The van der Waals surface area contributed by atoms with E-state index in [1.165, 1.54) is 17.4 Å². The van der Waals surface area contributed by atoms with Gasteiger partial charge >= 0.3 is 0 Å². The Kier molecular flexibility index (Phi) is 4.59. The topological polar surface area (TPSA) is 45.2 Å². The SMILES string of the molecule is Cc1cccc(NC(=O)C2CCN(c3nc4c(F)cccc4s3)CC2)c1. The van der Waals surface area contributed by atoms with E-state index >= 15 is 0 Å². The number of amides is 1. The summed E-state index contributed by atoms with van der Waals surface area (Å²) in [5.41, 5.74) is 2.41. The Hall–Kier alpha value is -2.47. The number of carbonyl (C=O) groups excluding carboxylic acids is 1. The van der Waals surface area contributed by atoms with Crippen LogP contribution in [-0.4, -0.2) is 24.0 Å². The number of thiazole rings is 1. The van der Waals surface area contributed by atoms with Crippen molar-refractivity contribution in [1.29, 1.82) is 0 Å². The molecule has 6 heteroatoms. The first-order valence-electron chi connectivity index (χ1n) is 8.78. The number of anilines is 2. The van der Waals surface area contributed by atoms with E-state index in [9.17, 15) is 9.18 Å². The van der Waals surface area contributed by atoms with E-state index in [0.29, 0.717) is 5.52 Å². The van der Waals surface area contributed by atoms with Gasteiger partial charge in [0.05, 0.1) is 4.70 Å². The summed E-state index contributed by atoms with van der Waals surface area (Å²) in [4.78, 5) is 19.1. The number of halogens is 1. The lowest BCUT2D eigenvalue weighted by Crippen LogP contribution is -2.38. The predicted molar refractivity (Wildman–Crippen MR) is 104 cm³/mol. The van der Waals surface area contributed by atoms with Crippen LogP contribution in [0.15, 0.2) is 42.5 Å². The van der Waals surface area contributed by atoms with Crippen molar-refractivity contribution in [2.45, 2.75) is 19.8 Å². The minimum atomic E-state index is -0.280. The van der Waals surface area contributed by atoms with E-state index in [1.54, 1.807) is 6.07 Å². The van der Waals surface area contributed by atoms with E-state index in [-0.39, 0.29) is 17.6 Å². The van der Waals surface area contributed by atoms with Crippen LogP contribution in [0.25, 0.3) is 10.2 Å². The van der Waals surface area contributed by atoms with Gasteiger partial charge in [-0.25, -0.2) is 9.37 Å². The zero-order valence-corrected chi connectivity index (χ0v) is 15.4. The quantitative estimate of drug-likeness (QED) is 0.734. The lowest BCUT2D eigenvalue weighted by molar-refractivity contribution is -0.120. The molecule has 1 saturated heterocycles. The largest absolute Gasteiger partial charge is 0.348 e. The molecule has 0 radical (unpaired) electrons. The van der Waals surface area contributed by atoms with Crippen LogP contribution in [0.2, 0.25) is 0 Å². The molecule has 0 aliphatic carbocycles. The Morgan fingerprint density at radius 1 is 1.23 bits per heavy atom. The predicted octanol–water partition coefficient (Wildman–Crippen LogP) is 4.60. The highest BCUT2D eigenvalue weighted by Gasteiger charge is 2.26. The Bertz CT molecular complexity index is 947. The van der Waals surface area contributed by atoms with Gasteiger partial charge in [0, 0.05) is 24.7 Å². The monoisotopic (exact) mass is 369 g/mol. The molecule has 1 fully saturated rings. The number of aromatic nitrogens is 1. The molecule has 1 aliphatic rings. The summed E-state index contributed by atoms with van der Waals surface area (Å²) in [6.07, 6.45) is 1.55. The molecule has 1 amide bonds. The van der Waals surface area contributed by atoms with Crippen molar-refractivity contribution in [1.82, 2.24) is 4.98 Å². The summed E-state index contributed by atoms with van der Waals surface area (Å²) in [5, 5.41) is 3.85. The second kappa shape index (κ2) is 7.03. The lowest BCUT2D eigenvalue weighted by atomic mass is 9.96. The van der Waals surface area contributed by atoms with Crippen molar-refractivity contribution in [3.05, 3.63) is 53.8 Å². The van der Waals surface area contributed by atoms with Crippen molar-refractivity contribution < 1.29 is 9.18 Å². The van der Waals surface area contributed by atoms with Crippen LogP contribution in [0.1, 0.15) is 18.4 Å². The van der Waals surface area contributed by atoms with Crippen molar-refractivity contribution in [2.75, 3.05) is 23.3 Å². The Labute approximate surface area is 155 Å². The van der Waals surface area contributed by atoms with Crippen molar-refractivity contribution in [3.63, 3.8) is 0 Å². The zero-order chi connectivity index (χ0) is 18.1. The van der Waals surface area contributed by atoms with Gasteiger partial charge in [-0.05, 0) is 49.6 Å². The van der Waals surface area contributed by atoms with Crippen molar-refractivity contribution >= 4 is 38.3 Å². The summed E-state index contributed by atoms with van der Waals surface area (Å²) in [6, 6.07) is 12.9. The Morgan fingerprint density at radius 3 is 2.73 bits per heavy atom. The fraction of sp³-hybridized carbons (Fsp3) is 0.300. The minimum Gasteiger partial charge on any atom is -0.348 e. The average molecular weight is 369 g/mol. The molecule has 4 nitrogen and oxygen atoms in total. The lowest BCUT2D eigenvalue weighted by Gasteiger charge is -2.31. The van der Waals surface area contributed by atoms with E-state index in [4.69, 9.17) is 0 Å². The number of para-hydroxylation sites is 1. The molecule has 26 heavy (non-hydrogen) atoms. The number of fused-ring (bicyclic) bond motifs is 1. The van der Waals surface area contributed by atoms with Crippen LogP contribution < -0.4 is 10.2 Å². The van der Waals surface area contributed by atoms with Gasteiger partial charge in [0.15, 0.2) is 5.13 Å². The highest BCUT2D eigenvalue weighted by atomic mass is 32.1. The van der Waals surface area contributed by atoms with Gasteiger partial charge in [0.25, 0.3) is 0 Å². The zero-order valence-electron chi connectivity index (χ0n) is 14.5. The molecule has 0 unspecified atom stereocenters. The molecule has 0 saturated carbocycles. The van der Waals surface area contributed by atoms with Crippen LogP contribution in [-0.2, 0) is 4.79 Å². The number of nitrogens with zero attached hydrogens (tertiary/aromatic N) is 2. The number of piperidine rings is 1.